The van der Waals surface area contributed by atoms with Crippen LogP contribution < -0.4 is 5.32 Å². The average molecular weight is 381 g/mol. The Morgan fingerprint density at radius 3 is 2.58 bits per heavy atom. The summed E-state index contributed by atoms with van der Waals surface area (Å²) in [7, 11) is -3.57. The highest BCUT2D eigenvalue weighted by Gasteiger charge is 2.27. The first-order valence-electron chi connectivity index (χ1n) is 9.49. The number of nitrogens with one attached hydrogen (secondary N) is 1. The van der Waals surface area contributed by atoms with Crippen LogP contribution in [-0.4, -0.2) is 51.0 Å². The van der Waals surface area contributed by atoms with Gasteiger partial charge >= 0.3 is 0 Å². The summed E-state index contributed by atoms with van der Waals surface area (Å²) in [6.45, 7) is 4.08. The van der Waals surface area contributed by atoms with Gasteiger partial charge in [0, 0.05) is 31.8 Å². The van der Waals surface area contributed by atoms with E-state index < -0.39 is 10.0 Å². The van der Waals surface area contributed by atoms with Gasteiger partial charge in [0.1, 0.15) is 0 Å². The molecule has 2 heterocycles. The second kappa shape index (κ2) is 8.50. The summed E-state index contributed by atoms with van der Waals surface area (Å²) in [5.41, 5.74) is 1.05. The van der Waals surface area contributed by atoms with Crippen molar-refractivity contribution in [2.45, 2.75) is 56.4 Å². The predicted molar refractivity (Wildman–Crippen MR) is 99.7 cm³/mol. The number of benzene rings is 1. The van der Waals surface area contributed by atoms with E-state index in [-0.39, 0.29) is 16.9 Å². The predicted octanol–water partition coefficient (Wildman–Crippen LogP) is 2.47. The molecule has 2 aliphatic heterocycles. The van der Waals surface area contributed by atoms with Gasteiger partial charge in [-0.3, -0.25) is 4.79 Å². The van der Waals surface area contributed by atoms with Gasteiger partial charge in [0.2, 0.25) is 10.0 Å². The molecular formula is C19H28N2O4S. The van der Waals surface area contributed by atoms with Crippen LogP contribution in [0.1, 0.15) is 54.4 Å². The molecule has 3 rings (SSSR count). The van der Waals surface area contributed by atoms with Crippen LogP contribution >= 0.6 is 0 Å². The molecule has 1 aromatic carbocycles. The van der Waals surface area contributed by atoms with Crippen molar-refractivity contribution in [2.24, 2.45) is 0 Å². The van der Waals surface area contributed by atoms with E-state index in [1.54, 1.807) is 23.4 Å². The summed E-state index contributed by atoms with van der Waals surface area (Å²) < 4.78 is 33.2. The number of hydrogen-bond acceptors (Lipinski definition) is 4. The van der Waals surface area contributed by atoms with E-state index in [4.69, 9.17) is 4.74 Å². The normalized spacial score (nSPS) is 22.1. The van der Waals surface area contributed by atoms with E-state index in [1.165, 1.54) is 6.07 Å². The van der Waals surface area contributed by atoms with Crippen molar-refractivity contribution in [1.82, 2.24) is 9.62 Å². The monoisotopic (exact) mass is 380 g/mol. The second-order valence-corrected chi connectivity index (χ2v) is 9.05. The van der Waals surface area contributed by atoms with Gasteiger partial charge in [-0.25, -0.2) is 8.42 Å². The number of ether oxygens (including phenoxy) is 1. The van der Waals surface area contributed by atoms with Crippen LogP contribution in [0.5, 0.6) is 0 Å². The lowest BCUT2D eigenvalue weighted by Gasteiger charge is -2.21. The molecule has 0 aromatic heterocycles. The highest BCUT2D eigenvalue weighted by Crippen LogP contribution is 2.24. The molecule has 0 bridgehead atoms. The summed E-state index contributed by atoms with van der Waals surface area (Å²) in [4.78, 5) is 12.7. The number of hydrogen-bond donors (Lipinski definition) is 1. The molecule has 0 spiro atoms. The SMILES string of the molecule is Cc1ccc(C(=O)NCC2CCCO2)cc1S(=O)(=O)N1CCCCCC1. The third-order valence-electron chi connectivity index (χ3n) is 5.15. The van der Waals surface area contributed by atoms with E-state index in [9.17, 15) is 13.2 Å². The lowest BCUT2D eigenvalue weighted by atomic mass is 10.1. The lowest BCUT2D eigenvalue weighted by Crippen LogP contribution is -2.33. The summed E-state index contributed by atoms with van der Waals surface area (Å²) in [5, 5.41) is 2.86. The number of amides is 1. The molecule has 0 aliphatic carbocycles. The molecule has 0 radical (unpaired) electrons. The minimum Gasteiger partial charge on any atom is -0.376 e. The van der Waals surface area contributed by atoms with Gasteiger partial charge in [-0.15, -0.1) is 0 Å². The Bertz CT molecular complexity index is 734. The molecule has 6 nitrogen and oxygen atoms in total. The van der Waals surface area contributed by atoms with Crippen LogP contribution in [0.3, 0.4) is 0 Å². The highest BCUT2D eigenvalue weighted by atomic mass is 32.2. The fraction of sp³-hybridized carbons (Fsp3) is 0.632. The third kappa shape index (κ3) is 4.45. The van der Waals surface area contributed by atoms with Crippen LogP contribution in [0.25, 0.3) is 0 Å². The van der Waals surface area contributed by atoms with Gasteiger partial charge < -0.3 is 10.1 Å². The second-order valence-electron chi connectivity index (χ2n) is 7.14. The maximum Gasteiger partial charge on any atom is 0.251 e. The quantitative estimate of drug-likeness (QED) is 0.851. The molecule has 2 aliphatic rings. The van der Waals surface area contributed by atoms with Crippen LogP contribution in [0.2, 0.25) is 0 Å². The molecule has 1 amide bonds. The molecule has 1 atom stereocenters. The standard InChI is InChI=1S/C19H28N2O4S/c1-15-8-9-16(19(22)20-14-17-7-6-12-25-17)13-18(15)26(23,24)21-10-4-2-3-5-11-21/h8-9,13,17H,2-7,10-12,14H2,1H3,(H,20,22). The maximum atomic E-state index is 13.1. The largest absolute Gasteiger partial charge is 0.376 e. The Labute approximate surface area is 156 Å². The molecule has 1 aromatic rings. The lowest BCUT2D eigenvalue weighted by molar-refractivity contribution is 0.0857. The minimum absolute atomic E-state index is 0.0599. The Balaban J connectivity index is 1.76. The van der Waals surface area contributed by atoms with Crippen LogP contribution in [0.15, 0.2) is 23.1 Å². The fourth-order valence-electron chi connectivity index (χ4n) is 3.55. The number of aryl methyl sites for hydroxylation is 1. The van der Waals surface area contributed by atoms with Gasteiger partial charge in [0.15, 0.2) is 0 Å². The first-order chi connectivity index (χ1) is 12.5. The third-order valence-corrected chi connectivity index (χ3v) is 7.19. The molecule has 26 heavy (non-hydrogen) atoms. The maximum absolute atomic E-state index is 13.1. The number of sulfonamides is 1. The van der Waals surface area contributed by atoms with E-state index >= 15 is 0 Å². The van der Waals surface area contributed by atoms with Crippen molar-refractivity contribution < 1.29 is 17.9 Å². The van der Waals surface area contributed by atoms with Crippen molar-refractivity contribution in [3.05, 3.63) is 29.3 Å². The number of nitrogens with zero attached hydrogens (tertiary/aromatic N) is 1. The Kier molecular flexibility index (Phi) is 6.32. The summed E-state index contributed by atoms with van der Waals surface area (Å²) in [6.07, 6.45) is 5.93. The molecule has 144 valence electrons. The van der Waals surface area contributed by atoms with Crippen molar-refractivity contribution >= 4 is 15.9 Å². The number of carbonyl (C=O) groups excluding carboxylic acids is 1. The summed E-state index contributed by atoms with van der Waals surface area (Å²) >= 11 is 0. The number of carbonyl (C=O) groups is 1. The van der Waals surface area contributed by atoms with Crippen LogP contribution in [0.4, 0.5) is 0 Å². The van der Waals surface area contributed by atoms with Gasteiger partial charge in [-0.05, 0) is 50.3 Å². The van der Waals surface area contributed by atoms with Crippen molar-refractivity contribution in [1.29, 1.82) is 0 Å². The average Bonchev–Trinajstić information content (AvgIpc) is 2.99. The van der Waals surface area contributed by atoms with Gasteiger partial charge in [0.05, 0.1) is 11.0 Å². The molecule has 0 saturated carbocycles. The Morgan fingerprint density at radius 1 is 1.19 bits per heavy atom. The first-order valence-corrected chi connectivity index (χ1v) is 10.9. The molecule has 1 N–H and O–H groups in total. The van der Waals surface area contributed by atoms with E-state index in [0.717, 1.165) is 45.1 Å². The van der Waals surface area contributed by atoms with Crippen molar-refractivity contribution in [3.63, 3.8) is 0 Å². The van der Waals surface area contributed by atoms with E-state index in [2.05, 4.69) is 5.32 Å². The van der Waals surface area contributed by atoms with Crippen LogP contribution in [0, 0.1) is 6.92 Å². The molecular weight excluding hydrogens is 352 g/mol. The Morgan fingerprint density at radius 2 is 1.92 bits per heavy atom. The fourth-order valence-corrected chi connectivity index (χ4v) is 5.32. The minimum atomic E-state index is -3.57. The van der Waals surface area contributed by atoms with Crippen molar-refractivity contribution in [3.8, 4) is 0 Å². The topological polar surface area (TPSA) is 75.7 Å². The van der Waals surface area contributed by atoms with Gasteiger partial charge in [-0.2, -0.15) is 4.31 Å². The smallest absolute Gasteiger partial charge is 0.251 e. The number of rotatable bonds is 5. The van der Waals surface area contributed by atoms with Crippen LogP contribution in [-0.2, 0) is 14.8 Å². The van der Waals surface area contributed by atoms with E-state index in [1.807, 2.05) is 0 Å². The zero-order chi connectivity index (χ0) is 18.6. The summed E-state index contributed by atoms with van der Waals surface area (Å²) in [6, 6.07) is 4.91. The molecule has 2 fully saturated rings. The highest BCUT2D eigenvalue weighted by molar-refractivity contribution is 7.89. The van der Waals surface area contributed by atoms with Crippen molar-refractivity contribution in [2.75, 3.05) is 26.2 Å². The van der Waals surface area contributed by atoms with Gasteiger partial charge in [0.25, 0.3) is 5.91 Å². The zero-order valence-corrected chi connectivity index (χ0v) is 16.2. The summed E-state index contributed by atoms with van der Waals surface area (Å²) in [5.74, 6) is -0.257. The molecule has 2 saturated heterocycles. The zero-order valence-electron chi connectivity index (χ0n) is 15.4. The van der Waals surface area contributed by atoms with Gasteiger partial charge in [-0.1, -0.05) is 18.9 Å². The van der Waals surface area contributed by atoms with E-state index in [0.29, 0.717) is 30.8 Å². The molecule has 1 unspecified atom stereocenters. The molecule has 7 heteroatoms. The first kappa shape index (κ1) is 19.3. The Hall–Kier alpha value is -1.44.